The zero-order chi connectivity index (χ0) is 20.2. The quantitative estimate of drug-likeness (QED) is 0.636. The molecule has 0 bridgehead atoms. The molecule has 1 unspecified atom stereocenters. The van der Waals surface area contributed by atoms with Crippen molar-refractivity contribution in [1.29, 1.82) is 0 Å². The fourth-order valence-corrected chi connectivity index (χ4v) is 4.77. The number of amides is 1. The number of hydrogen-bond donors (Lipinski definition) is 0. The van der Waals surface area contributed by atoms with E-state index < -0.39 is 0 Å². The molecule has 2 saturated heterocycles. The highest BCUT2D eigenvalue weighted by Crippen LogP contribution is 2.29. The van der Waals surface area contributed by atoms with Gasteiger partial charge in [-0.1, -0.05) is 5.16 Å². The summed E-state index contributed by atoms with van der Waals surface area (Å²) < 4.78 is 16.6. The van der Waals surface area contributed by atoms with Crippen LogP contribution >= 0.6 is 11.3 Å². The molecule has 2 fully saturated rings. The molecule has 158 valence electrons. The van der Waals surface area contributed by atoms with Crippen molar-refractivity contribution in [3.8, 4) is 0 Å². The third-order valence-electron chi connectivity index (χ3n) is 5.57. The molecular weight excluding hydrogens is 392 g/mol. The molecule has 2 aromatic rings. The van der Waals surface area contributed by atoms with Crippen LogP contribution in [0.25, 0.3) is 0 Å². The molecule has 29 heavy (non-hydrogen) atoms. The van der Waals surface area contributed by atoms with E-state index in [0.717, 1.165) is 54.7 Å². The number of rotatable bonds is 7. The van der Waals surface area contributed by atoms with Crippen molar-refractivity contribution in [2.45, 2.75) is 45.4 Å². The van der Waals surface area contributed by atoms with Crippen LogP contribution in [0.4, 0.5) is 0 Å². The molecule has 9 heteroatoms. The van der Waals surface area contributed by atoms with Crippen LogP contribution in [-0.2, 0) is 15.9 Å². The lowest BCUT2D eigenvalue weighted by atomic mass is 10.0. The number of carbonyl (C=O) groups is 1. The first-order valence-corrected chi connectivity index (χ1v) is 11.1. The molecule has 1 amide bonds. The number of carbonyl (C=O) groups excluding carboxylic acids is 1. The molecule has 4 heterocycles. The molecule has 4 rings (SSSR count). The van der Waals surface area contributed by atoms with Crippen molar-refractivity contribution in [2.75, 3.05) is 39.5 Å². The first kappa shape index (κ1) is 20.4. The molecule has 1 atom stereocenters. The first-order valence-electron chi connectivity index (χ1n) is 10.3. The van der Waals surface area contributed by atoms with Crippen molar-refractivity contribution < 1.29 is 18.8 Å². The minimum absolute atomic E-state index is 0.0526. The number of aromatic nitrogens is 3. The summed E-state index contributed by atoms with van der Waals surface area (Å²) in [6.07, 6.45) is 3.62. The summed E-state index contributed by atoms with van der Waals surface area (Å²) in [5.41, 5.74) is 0.807. The molecule has 0 aromatic carbocycles. The largest absolute Gasteiger partial charge is 0.381 e. The van der Waals surface area contributed by atoms with Crippen LogP contribution in [0, 0.1) is 19.8 Å². The van der Waals surface area contributed by atoms with Crippen molar-refractivity contribution in [3.63, 3.8) is 0 Å². The Balaban J connectivity index is 1.24. The molecule has 0 aliphatic carbocycles. The molecule has 0 radical (unpaired) electrons. The van der Waals surface area contributed by atoms with E-state index in [1.54, 1.807) is 0 Å². The zero-order valence-electron chi connectivity index (χ0n) is 17.1. The van der Waals surface area contributed by atoms with E-state index in [2.05, 4.69) is 15.1 Å². The Hall–Kier alpha value is -1.84. The van der Waals surface area contributed by atoms with Gasteiger partial charge in [-0.3, -0.25) is 4.79 Å². The Morgan fingerprint density at radius 3 is 2.83 bits per heavy atom. The summed E-state index contributed by atoms with van der Waals surface area (Å²) in [6, 6.07) is 0. The summed E-state index contributed by atoms with van der Waals surface area (Å²) in [4.78, 5) is 24.3. The van der Waals surface area contributed by atoms with Gasteiger partial charge < -0.3 is 18.9 Å². The van der Waals surface area contributed by atoms with Crippen LogP contribution in [0.2, 0.25) is 0 Å². The predicted molar refractivity (Wildman–Crippen MR) is 107 cm³/mol. The predicted octanol–water partition coefficient (Wildman–Crippen LogP) is 2.76. The summed E-state index contributed by atoms with van der Waals surface area (Å²) in [5, 5.41) is 5.01. The third kappa shape index (κ3) is 5.02. The molecule has 8 nitrogen and oxygen atoms in total. The maximum Gasteiger partial charge on any atom is 0.265 e. The Bertz CT molecular complexity index is 830. The van der Waals surface area contributed by atoms with E-state index in [0.29, 0.717) is 43.8 Å². The standard InChI is InChI=1S/C20H28N4O4S/c1-13-18(29-14(2)21-13)20(25)24-7-3-16(11-24)19-22-17(23-28-19)6-10-27-12-15-4-8-26-9-5-15/h15-16H,3-12H2,1-2H3. The van der Waals surface area contributed by atoms with Crippen LogP contribution in [0.5, 0.6) is 0 Å². The monoisotopic (exact) mass is 420 g/mol. The van der Waals surface area contributed by atoms with E-state index >= 15 is 0 Å². The van der Waals surface area contributed by atoms with Crippen LogP contribution in [0.3, 0.4) is 0 Å². The average Bonchev–Trinajstić information content (AvgIpc) is 3.45. The fraction of sp³-hybridized carbons (Fsp3) is 0.700. The first-order chi connectivity index (χ1) is 14.1. The highest BCUT2D eigenvalue weighted by atomic mass is 32.1. The van der Waals surface area contributed by atoms with Gasteiger partial charge in [-0.2, -0.15) is 4.98 Å². The number of aryl methyl sites for hydroxylation is 2. The number of ether oxygens (including phenoxy) is 2. The molecule has 2 aliphatic rings. The number of nitrogens with zero attached hydrogens (tertiary/aromatic N) is 4. The normalized spacial score (nSPS) is 20.5. The van der Waals surface area contributed by atoms with Gasteiger partial charge in [0.15, 0.2) is 5.82 Å². The number of likely N-dealkylation sites (tertiary alicyclic amines) is 1. The molecular formula is C20H28N4O4S. The second-order valence-electron chi connectivity index (χ2n) is 7.81. The van der Waals surface area contributed by atoms with Crippen molar-refractivity contribution in [1.82, 2.24) is 20.0 Å². The van der Waals surface area contributed by atoms with Crippen LogP contribution in [0.1, 0.15) is 57.3 Å². The van der Waals surface area contributed by atoms with Gasteiger partial charge in [0.25, 0.3) is 5.91 Å². The maximum atomic E-state index is 12.8. The lowest BCUT2D eigenvalue weighted by molar-refractivity contribution is 0.0211. The lowest BCUT2D eigenvalue weighted by Crippen LogP contribution is -2.28. The van der Waals surface area contributed by atoms with E-state index in [1.165, 1.54) is 11.3 Å². The maximum absolute atomic E-state index is 12.8. The van der Waals surface area contributed by atoms with Gasteiger partial charge in [0.05, 0.1) is 23.2 Å². The van der Waals surface area contributed by atoms with Crippen LogP contribution < -0.4 is 0 Å². The second kappa shape index (κ2) is 9.32. The van der Waals surface area contributed by atoms with Gasteiger partial charge in [-0.05, 0) is 39.0 Å². The summed E-state index contributed by atoms with van der Waals surface area (Å²) in [7, 11) is 0. The number of hydrogen-bond acceptors (Lipinski definition) is 8. The van der Waals surface area contributed by atoms with Crippen LogP contribution in [0.15, 0.2) is 4.52 Å². The minimum atomic E-state index is 0.0526. The molecule has 2 aromatic heterocycles. The zero-order valence-corrected chi connectivity index (χ0v) is 17.9. The van der Waals surface area contributed by atoms with Gasteiger partial charge in [0.1, 0.15) is 4.88 Å². The van der Waals surface area contributed by atoms with Crippen molar-refractivity contribution >= 4 is 17.2 Å². The van der Waals surface area contributed by atoms with E-state index in [-0.39, 0.29) is 11.8 Å². The van der Waals surface area contributed by atoms with E-state index in [4.69, 9.17) is 14.0 Å². The Morgan fingerprint density at radius 2 is 2.07 bits per heavy atom. The van der Waals surface area contributed by atoms with Crippen LogP contribution in [-0.4, -0.2) is 65.4 Å². The highest BCUT2D eigenvalue weighted by Gasteiger charge is 2.32. The highest BCUT2D eigenvalue weighted by molar-refractivity contribution is 7.13. The van der Waals surface area contributed by atoms with Gasteiger partial charge in [0.2, 0.25) is 5.89 Å². The Kier molecular flexibility index (Phi) is 6.56. The summed E-state index contributed by atoms with van der Waals surface area (Å²) >= 11 is 1.46. The SMILES string of the molecule is Cc1nc(C)c(C(=O)N2CCC(c3nc(CCOCC4CCOCC4)no3)C2)s1. The van der Waals surface area contributed by atoms with Gasteiger partial charge in [0, 0.05) is 39.3 Å². The Labute approximate surface area is 174 Å². The average molecular weight is 421 g/mol. The molecule has 0 saturated carbocycles. The van der Waals surface area contributed by atoms with Crippen molar-refractivity contribution in [3.05, 3.63) is 27.3 Å². The fourth-order valence-electron chi connectivity index (χ4n) is 3.88. The van der Waals surface area contributed by atoms with Gasteiger partial charge >= 0.3 is 0 Å². The molecule has 2 aliphatic heterocycles. The smallest absolute Gasteiger partial charge is 0.265 e. The lowest BCUT2D eigenvalue weighted by Gasteiger charge is -2.21. The van der Waals surface area contributed by atoms with Crippen molar-refractivity contribution in [2.24, 2.45) is 5.92 Å². The third-order valence-corrected chi connectivity index (χ3v) is 6.63. The topological polar surface area (TPSA) is 90.6 Å². The van der Waals surface area contributed by atoms with Gasteiger partial charge in [-0.15, -0.1) is 11.3 Å². The minimum Gasteiger partial charge on any atom is -0.381 e. The summed E-state index contributed by atoms with van der Waals surface area (Å²) in [5.74, 6) is 2.04. The second-order valence-corrected chi connectivity index (χ2v) is 9.02. The Morgan fingerprint density at radius 1 is 1.24 bits per heavy atom. The van der Waals surface area contributed by atoms with Gasteiger partial charge in [-0.25, -0.2) is 4.98 Å². The molecule has 0 N–H and O–H groups in total. The van der Waals surface area contributed by atoms with E-state index in [1.807, 2.05) is 18.7 Å². The summed E-state index contributed by atoms with van der Waals surface area (Å²) in [6.45, 7) is 8.16. The number of thiazole rings is 1. The molecule has 0 spiro atoms. The van der Waals surface area contributed by atoms with E-state index in [9.17, 15) is 4.79 Å².